The zero-order valence-electron chi connectivity index (χ0n) is 14.4. The highest BCUT2D eigenvalue weighted by molar-refractivity contribution is 5.77. The Morgan fingerprint density at radius 1 is 1.42 bits per heavy atom. The molecule has 4 heterocycles. The van der Waals surface area contributed by atoms with Crippen molar-refractivity contribution in [1.82, 2.24) is 20.3 Å². The average molecular weight is 358 g/mol. The van der Waals surface area contributed by atoms with Gasteiger partial charge in [0.15, 0.2) is 0 Å². The molecule has 2 aromatic heterocycles. The van der Waals surface area contributed by atoms with Gasteiger partial charge in [0.25, 0.3) is 0 Å². The van der Waals surface area contributed by atoms with E-state index in [2.05, 4.69) is 20.3 Å². The fourth-order valence-corrected chi connectivity index (χ4v) is 3.60. The van der Waals surface area contributed by atoms with Crippen LogP contribution in [0.1, 0.15) is 25.0 Å². The van der Waals surface area contributed by atoms with Crippen molar-refractivity contribution in [3.63, 3.8) is 0 Å². The number of nitrogen functional groups attached to an aromatic ring is 1. The highest BCUT2D eigenvalue weighted by Gasteiger charge is 2.48. The van der Waals surface area contributed by atoms with E-state index in [4.69, 9.17) is 14.9 Å². The second-order valence-electron chi connectivity index (χ2n) is 6.88. The van der Waals surface area contributed by atoms with Gasteiger partial charge in [0.2, 0.25) is 17.8 Å². The van der Waals surface area contributed by atoms with E-state index in [1.54, 1.807) is 18.4 Å². The molecule has 9 heteroatoms. The van der Waals surface area contributed by atoms with Crippen molar-refractivity contribution < 1.29 is 13.9 Å². The van der Waals surface area contributed by atoms with Gasteiger partial charge < -0.3 is 25.1 Å². The zero-order chi connectivity index (χ0) is 18.0. The molecule has 138 valence electrons. The van der Waals surface area contributed by atoms with Crippen LogP contribution in [0.3, 0.4) is 0 Å². The number of nitrogens with two attached hydrogens (primary N) is 1. The Kier molecular flexibility index (Phi) is 4.46. The summed E-state index contributed by atoms with van der Waals surface area (Å²) in [6.45, 7) is 1.97. The molecule has 1 spiro atoms. The molecule has 0 aliphatic carbocycles. The molecule has 0 saturated carbocycles. The first-order valence-corrected chi connectivity index (χ1v) is 8.78. The lowest BCUT2D eigenvalue weighted by molar-refractivity contribution is -0.144. The van der Waals surface area contributed by atoms with Crippen molar-refractivity contribution in [1.29, 1.82) is 0 Å². The van der Waals surface area contributed by atoms with Gasteiger partial charge in [-0.1, -0.05) is 0 Å². The van der Waals surface area contributed by atoms with E-state index in [0.29, 0.717) is 18.3 Å². The first-order valence-electron chi connectivity index (χ1n) is 8.78. The average Bonchev–Trinajstić information content (AvgIpc) is 3.11. The normalized spacial score (nSPS) is 21.4. The van der Waals surface area contributed by atoms with Gasteiger partial charge in [0, 0.05) is 6.54 Å². The minimum absolute atomic E-state index is 0.0230. The van der Waals surface area contributed by atoms with Crippen LogP contribution in [0.15, 0.2) is 29.1 Å². The van der Waals surface area contributed by atoms with Crippen LogP contribution in [0, 0.1) is 0 Å². The van der Waals surface area contributed by atoms with Gasteiger partial charge in [-0.3, -0.25) is 4.79 Å². The van der Waals surface area contributed by atoms with Crippen LogP contribution in [0.4, 0.5) is 11.9 Å². The number of nitrogens with zero attached hydrogens (tertiary/aromatic N) is 4. The summed E-state index contributed by atoms with van der Waals surface area (Å²) in [5, 5.41) is 2.94. The van der Waals surface area contributed by atoms with Crippen LogP contribution >= 0.6 is 0 Å². The van der Waals surface area contributed by atoms with Gasteiger partial charge in [-0.25, -0.2) is 9.97 Å². The molecule has 1 amide bonds. The number of hydrogen-bond donors (Lipinski definition) is 2. The van der Waals surface area contributed by atoms with Gasteiger partial charge in [-0.05, 0) is 31.4 Å². The molecule has 0 radical (unpaired) electrons. The van der Waals surface area contributed by atoms with E-state index in [0.717, 1.165) is 32.4 Å². The van der Waals surface area contributed by atoms with E-state index in [9.17, 15) is 4.79 Å². The van der Waals surface area contributed by atoms with Crippen LogP contribution < -0.4 is 16.0 Å². The standard InChI is InChI=1S/C17H22N6O3/c18-15-20-11-21-16(22-15)23-9-17(10-23)5-1-3-13(26-17)8-19-14(24)7-12-4-2-6-25-12/h2,4,6,11,13H,1,3,5,7-10H2,(H,19,24)(H2,18,20,21,22). The third-order valence-corrected chi connectivity index (χ3v) is 4.84. The van der Waals surface area contributed by atoms with Crippen molar-refractivity contribution in [3.8, 4) is 0 Å². The Labute approximate surface area is 151 Å². The van der Waals surface area contributed by atoms with Crippen LogP contribution in [0.2, 0.25) is 0 Å². The number of hydrogen-bond acceptors (Lipinski definition) is 8. The lowest BCUT2D eigenvalue weighted by atomic mass is 9.85. The first kappa shape index (κ1) is 16.8. The number of nitrogens with one attached hydrogen (secondary N) is 1. The summed E-state index contributed by atoms with van der Waals surface area (Å²) in [6.07, 6.45) is 6.28. The van der Waals surface area contributed by atoms with Crippen molar-refractivity contribution in [3.05, 3.63) is 30.5 Å². The molecule has 1 unspecified atom stereocenters. The van der Waals surface area contributed by atoms with Crippen molar-refractivity contribution in [2.24, 2.45) is 0 Å². The molecule has 2 saturated heterocycles. The van der Waals surface area contributed by atoms with Crippen LogP contribution in [-0.2, 0) is 16.0 Å². The Morgan fingerprint density at radius 3 is 3.08 bits per heavy atom. The molecule has 2 aliphatic rings. The SMILES string of the molecule is Nc1ncnc(N2CC3(CCCC(CNC(=O)Cc4ccco4)O3)C2)n1. The largest absolute Gasteiger partial charge is 0.469 e. The molecular formula is C17H22N6O3. The summed E-state index contributed by atoms with van der Waals surface area (Å²) >= 11 is 0. The minimum Gasteiger partial charge on any atom is -0.469 e. The van der Waals surface area contributed by atoms with Crippen LogP contribution in [0.5, 0.6) is 0 Å². The zero-order valence-corrected chi connectivity index (χ0v) is 14.4. The monoisotopic (exact) mass is 358 g/mol. The molecule has 0 aromatic carbocycles. The summed E-state index contributed by atoms with van der Waals surface area (Å²) < 4.78 is 11.5. The second kappa shape index (κ2) is 6.91. The fraction of sp³-hybridized carbons (Fsp3) is 0.529. The maximum absolute atomic E-state index is 12.0. The molecule has 3 N–H and O–H groups in total. The summed E-state index contributed by atoms with van der Waals surface area (Å²) in [7, 11) is 0. The Bertz CT molecular complexity index is 760. The predicted molar refractivity (Wildman–Crippen MR) is 93.3 cm³/mol. The second-order valence-corrected chi connectivity index (χ2v) is 6.88. The summed E-state index contributed by atoms with van der Waals surface area (Å²) in [4.78, 5) is 26.2. The van der Waals surface area contributed by atoms with Crippen molar-refractivity contribution >= 4 is 17.8 Å². The Balaban J connectivity index is 1.26. The molecule has 1 atom stereocenters. The van der Waals surface area contributed by atoms with Crippen LogP contribution in [-0.4, -0.2) is 52.2 Å². The highest BCUT2D eigenvalue weighted by Crippen LogP contribution is 2.37. The summed E-state index contributed by atoms with van der Waals surface area (Å²) in [5.41, 5.74) is 5.43. The van der Waals surface area contributed by atoms with Crippen LogP contribution in [0.25, 0.3) is 0 Å². The number of aromatic nitrogens is 3. The van der Waals surface area contributed by atoms with E-state index < -0.39 is 0 Å². The number of carbonyl (C=O) groups is 1. The molecule has 2 aliphatic heterocycles. The van der Waals surface area contributed by atoms with Gasteiger partial charge >= 0.3 is 0 Å². The van der Waals surface area contributed by atoms with Gasteiger partial charge in [0.05, 0.1) is 31.9 Å². The van der Waals surface area contributed by atoms with E-state index in [-0.39, 0.29) is 30.0 Å². The van der Waals surface area contributed by atoms with Crippen molar-refractivity contribution in [2.75, 3.05) is 30.3 Å². The molecule has 9 nitrogen and oxygen atoms in total. The van der Waals surface area contributed by atoms with E-state index in [1.807, 2.05) is 4.90 Å². The topological polar surface area (TPSA) is 119 Å². The highest BCUT2D eigenvalue weighted by atomic mass is 16.5. The molecular weight excluding hydrogens is 336 g/mol. The Morgan fingerprint density at radius 2 is 2.31 bits per heavy atom. The lowest BCUT2D eigenvalue weighted by Crippen LogP contribution is -2.66. The van der Waals surface area contributed by atoms with E-state index >= 15 is 0 Å². The molecule has 26 heavy (non-hydrogen) atoms. The summed E-state index contributed by atoms with van der Waals surface area (Å²) in [6, 6.07) is 3.57. The van der Waals surface area contributed by atoms with Gasteiger partial charge in [-0.2, -0.15) is 4.98 Å². The minimum atomic E-state index is -0.184. The van der Waals surface area contributed by atoms with Gasteiger partial charge in [-0.15, -0.1) is 0 Å². The molecule has 2 aromatic rings. The first-order chi connectivity index (χ1) is 12.6. The van der Waals surface area contributed by atoms with Crippen molar-refractivity contribution in [2.45, 2.75) is 37.4 Å². The number of ether oxygens (including phenoxy) is 1. The molecule has 2 fully saturated rings. The summed E-state index contributed by atoms with van der Waals surface area (Å²) in [5.74, 6) is 1.41. The smallest absolute Gasteiger partial charge is 0.230 e. The van der Waals surface area contributed by atoms with Gasteiger partial charge in [0.1, 0.15) is 17.7 Å². The number of carbonyl (C=O) groups excluding carboxylic acids is 1. The number of anilines is 2. The third kappa shape index (κ3) is 3.62. The molecule has 4 rings (SSSR count). The maximum atomic E-state index is 12.0. The predicted octanol–water partition coefficient (Wildman–Crippen LogP) is 0.534. The third-order valence-electron chi connectivity index (χ3n) is 4.84. The number of amides is 1. The number of rotatable bonds is 5. The molecule has 0 bridgehead atoms. The maximum Gasteiger partial charge on any atom is 0.230 e. The number of furan rings is 1. The lowest BCUT2D eigenvalue weighted by Gasteiger charge is -2.53. The van der Waals surface area contributed by atoms with E-state index in [1.165, 1.54) is 6.33 Å². The fourth-order valence-electron chi connectivity index (χ4n) is 3.60. The Hall–Kier alpha value is -2.68. The quantitative estimate of drug-likeness (QED) is 0.794.